The molecular weight excluding hydrogens is 338 g/mol. The molecule has 1 aliphatic rings. The van der Waals surface area contributed by atoms with Crippen molar-refractivity contribution >= 4 is 11.7 Å². The maximum atomic E-state index is 12.3. The molecule has 8 heteroatoms. The van der Waals surface area contributed by atoms with Crippen molar-refractivity contribution in [1.82, 2.24) is 9.78 Å². The Labute approximate surface area is 148 Å². The molecule has 2 aromatic heterocycles. The zero-order valence-electron chi connectivity index (χ0n) is 14.0. The second kappa shape index (κ2) is 6.14. The zero-order chi connectivity index (χ0) is 18.3. The number of furan rings is 1. The Hall–Kier alpha value is -3.42. The molecule has 0 amide bonds. The fourth-order valence-corrected chi connectivity index (χ4v) is 3.21. The smallest absolute Gasteiger partial charge is 0.359 e. The van der Waals surface area contributed by atoms with Crippen molar-refractivity contribution in [2.45, 2.75) is 19.8 Å². The van der Waals surface area contributed by atoms with E-state index in [2.05, 4.69) is 5.10 Å². The minimum Gasteiger partial charge on any atom is -0.469 e. The molecule has 0 N–H and O–H groups in total. The van der Waals surface area contributed by atoms with E-state index in [1.54, 1.807) is 30.0 Å². The number of carbonyl (C=O) groups excluding carboxylic acids is 1. The highest BCUT2D eigenvalue weighted by atomic mass is 16.6. The Bertz CT molecular complexity index is 1000. The number of esters is 1. The number of aryl methyl sites for hydroxylation is 1. The second-order valence-electron chi connectivity index (χ2n) is 5.84. The van der Waals surface area contributed by atoms with Gasteiger partial charge in [-0.25, -0.2) is 9.48 Å². The van der Waals surface area contributed by atoms with Crippen LogP contribution in [0.1, 0.15) is 28.7 Å². The van der Waals surface area contributed by atoms with E-state index >= 15 is 0 Å². The van der Waals surface area contributed by atoms with E-state index in [9.17, 15) is 14.9 Å². The summed E-state index contributed by atoms with van der Waals surface area (Å²) in [6, 6.07) is 7.87. The van der Waals surface area contributed by atoms with Crippen molar-refractivity contribution in [2.24, 2.45) is 0 Å². The summed E-state index contributed by atoms with van der Waals surface area (Å²) in [6.07, 6.45) is 2.89. The standard InChI is InChI=1S/C18H15N3O5/c1-2-25-18(22)16-14-7-8-15-13(9-10-26-15)17(14)20(19-16)11-3-5-12(6-4-11)21(23)24/h3-6,9-10H,2,7-8H2,1H3. The van der Waals surface area contributed by atoms with Crippen LogP contribution in [-0.2, 0) is 17.6 Å². The molecule has 0 spiro atoms. The minimum absolute atomic E-state index is 0.00982. The van der Waals surface area contributed by atoms with Gasteiger partial charge in [0.2, 0.25) is 0 Å². The van der Waals surface area contributed by atoms with Gasteiger partial charge >= 0.3 is 5.97 Å². The Morgan fingerprint density at radius 2 is 2.08 bits per heavy atom. The number of hydrogen-bond acceptors (Lipinski definition) is 6. The van der Waals surface area contributed by atoms with Crippen molar-refractivity contribution in [1.29, 1.82) is 0 Å². The lowest BCUT2D eigenvalue weighted by Gasteiger charge is -2.14. The first-order valence-corrected chi connectivity index (χ1v) is 8.20. The van der Waals surface area contributed by atoms with Crippen LogP contribution in [-0.4, -0.2) is 27.3 Å². The molecule has 2 heterocycles. The van der Waals surface area contributed by atoms with E-state index in [0.29, 0.717) is 18.5 Å². The molecule has 26 heavy (non-hydrogen) atoms. The summed E-state index contributed by atoms with van der Waals surface area (Å²) >= 11 is 0. The summed E-state index contributed by atoms with van der Waals surface area (Å²) in [7, 11) is 0. The number of benzene rings is 1. The molecule has 1 aliphatic carbocycles. The molecular formula is C18H15N3O5. The van der Waals surface area contributed by atoms with Gasteiger partial charge in [0.05, 0.1) is 29.2 Å². The first kappa shape index (κ1) is 16.1. The fourth-order valence-electron chi connectivity index (χ4n) is 3.21. The molecule has 4 rings (SSSR count). The van der Waals surface area contributed by atoms with Crippen molar-refractivity contribution in [3.05, 3.63) is 63.7 Å². The van der Waals surface area contributed by atoms with E-state index in [4.69, 9.17) is 9.15 Å². The molecule has 0 aliphatic heterocycles. The summed E-state index contributed by atoms with van der Waals surface area (Å²) in [4.78, 5) is 22.8. The van der Waals surface area contributed by atoms with Crippen LogP contribution in [0.5, 0.6) is 0 Å². The molecule has 3 aromatic rings. The number of carbonyl (C=O) groups is 1. The third-order valence-electron chi connectivity index (χ3n) is 4.36. The molecule has 8 nitrogen and oxygen atoms in total. The van der Waals surface area contributed by atoms with Gasteiger partial charge in [-0.3, -0.25) is 10.1 Å². The quantitative estimate of drug-likeness (QED) is 0.405. The van der Waals surface area contributed by atoms with Gasteiger partial charge in [0.15, 0.2) is 5.69 Å². The average molecular weight is 353 g/mol. The molecule has 0 saturated heterocycles. The number of non-ortho nitro benzene ring substituents is 1. The van der Waals surface area contributed by atoms with Crippen LogP contribution < -0.4 is 0 Å². The topological polar surface area (TPSA) is 100 Å². The third kappa shape index (κ3) is 2.46. The van der Waals surface area contributed by atoms with Crippen molar-refractivity contribution in [3.63, 3.8) is 0 Å². The van der Waals surface area contributed by atoms with Gasteiger partial charge in [0, 0.05) is 29.7 Å². The lowest BCUT2D eigenvalue weighted by Crippen LogP contribution is -2.10. The zero-order valence-corrected chi connectivity index (χ0v) is 14.0. The normalized spacial score (nSPS) is 12.3. The summed E-state index contributed by atoms with van der Waals surface area (Å²) in [5.41, 5.74) is 3.31. The summed E-state index contributed by atoms with van der Waals surface area (Å²) in [6.45, 7) is 2.00. The van der Waals surface area contributed by atoms with Gasteiger partial charge in [-0.1, -0.05) is 0 Å². The highest BCUT2D eigenvalue weighted by molar-refractivity contribution is 5.92. The minimum atomic E-state index is -0.476. The van der Waals surface area contributed by atoms with E-state index in [-0.39, 0.29) is 18.0 Å². The van der Waals surface area contributed by atoms with Gasteiger partial charge < -0.3 is 9.15 Å². The predicted molar refractivity (Wildman–Crippen MR) is 91.3 cm³/mol. The lowest BCUT2D eigenvalue weighted by atomic mass is 9.94. The van der Waals surface area contributed by atoms with Crippen LogP contribution in [0.3, 0.4) is 0 Å². The second-order valence-corrected chi connectivity index (χ2v) is 5.84. The molecule has 0 unspecified atom stereocenters. The van der Waals surface area contributed by atoms with Crippen molar-refractivity contribution in [2.75, 3.05) is 6.61 Å². The number of fused-ring (bicyclic) bond motifs is 3. The maximum absolute atomic E-state index is 12.3. The Morgan fingerprint density at radius 3 is 2.77 bits per heavy atom. The fraction of sp³-hybridized carbons (Fsp3) is 0.222. The average Bonchev–Trinajstić information content (AvgIpc) is 3.26. The van der Waals surface area contributed by atoms with Crippen LogP contribution in [0.4, 0.5) is 5.69 Å². The molecule has 0 bridgehead atoms. The SMILES string of the molecule is CCOC(=O)c1nn(-c2ccc([N+](=O)[O-])cc2)c2c1CCc1occc1-2. The highest BCUT2D eigenvalue weighted by Crippen LogP contribution is 2.37. The van der Waals surface area contributed by atoms with Gasteiger partial charge in [-0.2, -0.15) is 5.10 Å². The maximum Gasteiger partial charge on any atom is 0.359 e. The number of rotatable bonds is 4. The van der Waals surface area contributed by atoms with Gasteiger partial charge in [-0.15, -0.1) is 0 Å². The number of nitro groups is 1. The highest BCUT2D eigenvalue weighted by Gasteiger charge is 2.31. The molecule has 132 valence electrons. The van der Waals surface area contributed by atoms with E-state index < -0.39 is 10.9 Å². The first-order chi connectivity index (χ1) is 12.6. The molecule has 0 radical (unpaired) electrons. The van der Waals surface area contributed by atoms with Crippen molar-refractivity contribution < 1.29 is 18.9 Å². The number of ether oxygens (including phenoxy) is 1. The van der Waals surface area contributed by atoms with Crippen LogP contribution in [0.15, 0.2) is 41.0 Å². The largest absolute Gasteiger partial charge is 0.469 e. The summed E-state index contributed by atoms with van der Waals surface area (Å²) < 4.78 is 12.3. The van der Waals surface area contributed by atoms with E-state index in [0.717, 1.165) is 22.6 Å². The van der Waals surface area contributed by atoms with Crippen molar-refractivity contribution in [3.8, 4) is 16.9 Å². The van der Waals surface area contributed by atoms with Crippen LogP contribution in [0.25, 0.3) is 16.9 Å². The van der Waals surface area contributed by atoms with Gasteiger partial charge in [-0.05, 0) is 31.5 Å². The van der Waals surface area contributed by atoms with Gasteiger partial charge in [0.25, 0.3) is 5.69 Å². The van der Waals surface area contributed by atoms with Gasteiger partial charge in [0.1, 0.15) is 5.76 Å². The summed E-state index contributed by atoms with van der Waals surface area (Å²) in [5, 5.41) is 15.3. The van der Waals surface area contributed by atoms with Crippen LogP contribution in [0, 0.1) is 10.1 Å². The Balaban J connectivity index is 1.90. The van der Waals surface area contributed by atoms with E-state index in [1.807, 2.05) is 6.07 Å². The monoisotopic (exact) mass is 353 g/mol. The Kier molecular flexibility index (Phi) is 3.80. The Morgan fingerprint density at radius 1 is 1.31 bits per heavy atom. The van der Waals surface area contributed by atoms with Crippen LogP contribution in [0.2, 0.25) is 0 Å². The molecule has 0 atom stereocenters. The molecule has 1 aromatic carbocycles. The third-order valence-corrected chi connectivity index (χ3v) is 4.36. The van der Waals surface area contributed by atoms with E-state index in [1.165, 1.54) is 12.1 Å². The number of aromatic nitrogens is 2. The number of nitro benzene ring substituents is 1. The number of hydrogen-bond donors (Lipinski definition) is 0. The molecule has 0 fully saturated rings. The lowest BCUT2D eigenvalue weighted by molar-refractivity contribution is -0.384. The summed E-state index contributed by atoms with van der Waals surface area (Å²) in [5.74, 6) is 0.354. The number of nitrogens with zero attached hydrogens (tertiary/aromatic N) is 3. The molecule has 0 saturated carbocycles. The predicted octanol–water partition coefficient (Wildman–Crippen LogP) is 3.32. The van der Waals surface area contributed by atoms with Crippen LogP contribution >= 0.6 is 0 Å². The first-order valence-electron chi connectivity index (χ1n) is 8.20.